The summed E-state index contributed by atoms with van der Waals surface area (Å²) in [5.74, 6) is 0.777. The quantitative estimate of drug-likeness (QED) is 0.939. The Hall–Kier alpha value is -1.69. The Balaban J connectivity index is 2.34. The second kappa shape index (κ2) is 5.30. The van der Waals surface area contributed by atoms with E-state index in [1.165, 1.54) is 10.9 Å². The SMILES string of the molecule is CNc1cccc(Cn2cnc(C)c(Br)c2=O)n1. The molecule has 0 saturated carbocycles. The van der Waals surface area contributed by atoms with Gasteiger partial charge in [-0.15, -0.1) is 0 Å². The normalized spacial score (nSPS) is 10.4. The number of hydrogen-bond donors (Lipinski definition) is 1. The van der Waals surface area contributed by atoms with Gasteiger partial charge in [-0.25, -0.2) is 9.97 Å². The lowest BCUT2D eigenvalue weighted by Gasteiger charge is -2.07. The fourth-order valence-electron chi connectivity index (χ4n) is 1.54. The molecule has 0 aliphatic heterocycles. The van der Waals surface area contributed by atoms with Crippen LogP contribution in [0.25, 0.3) is 0 Å². The first kappa shape index (κ1) is 12.8. The third-order valence-corrected chi connectivity index (χ3v) is 3.47. The molecular formula is C12H13BrN4O. The minimum Gasteiger partial charge on any atom is -0.373 e. The number of anilines is 1. The zero-order valence-corrected chi connectivity index (χ0v) is 11.7. The maximum atomic E-state index is 12.0. The van der Waals surface area contributed by atoms with Crippen molar-refractivity contribution in [1.29, 1.82) is 0 Å². The average molecular weight is 309 g/mol. The molecular weight excluding hydrogens is 296 g/mol. The molecule has 0 unspecified atom stereocenters. The van der Waals surface area contributed by atoms with E-state index in [1.54, 1.807) is 6.92 Å². The van der Waals surface area contributed by atoms with Crippen LogP contribution in [0.2, 0.25) is 0 Å². The second-order valence-electron chi connectivity index (χ2n) is 3.84. The number of halogens is 1. The largest absolute Gasteiger partial charge is 0.373 e. The fraction of sp³-hybridized carbons (Fsp3) is 0.250. The van der Waals surface area contributed by atoms with Crippen molar-refractivity contribution < 1.29 is 0 Å². The van der Waals surface area contributed by atoms with Crippen LogP contribution >= 0.6 is 15.9 Å². The maximum Gasteiger partial charge on any atom is 0.268 e. The number of rotatable bonds is 3. The highest BCUT2D eigenvalue weighted by Crippen LogP contribution is 2.08. The molecule has 0 aliphatic rings. The maximum absolute atomic E-state index is 12.0. The number of hydrogen-bond acceptors (Lipinski definition) is 4. The molecule has 0 amide bonds. The summed E-state index contributed by atoms with van der Waals surface area (Å²) in [5, 5.41) is 2.96. The van der Waals surface area contributed by atoms with E-state index in [0.29, 0.717) is 16.7 Å². The van der Waals surface area contributed by atoms with Crippen molar-refractivity contribution in [3.05, 3.63) is 50.7 Å². The molecule has 2 aromatic heterocycles. The van der Waals surface area contributed by atoms with Gasteiger partial charge in [0.1, 0.15) is 10.3 Å². The number of aryl methyl sites for hydroxylation is 1. The molecule has 1 N–H and O–H groups in total. The van der Waals surface area contributed by atoms with E-state index >= 15 is 0 Å². The van der Waals surface area contributed by atoms with E-state index < -0.39 is 0 Å². The summed E-state index contributed by atoms with van der Waals surface area (Å²) in [6, 6.07) is 5.65. The van der Waals surface area contributed by atoms with Crippen LogP contribution in [0.15, 0.2) is 33.8 Å². The van der Waals surface area contributed by atoms with E-state index in [4.69, 9.17) is 0 Å². The summed E-state index contributed by atoms with van der Waals surface area (Å²) in [6.45, 7) is 2.19. The molecule has 5 nitrogen and oxygen atoms in total. The molecule has 2 heterocycles. The molecule has 2 rings (SSSR count). The molecule has 0 aliphatic carbocycles. The van der Waals surface area contributed by atoms with Gasteiger partial charge in [-0.3, -0.25) is 9.36 Å². The summed E-state index contributed by atoms with van der Waals surface area (Å²) < 4.78 is 2.02. The smallest absolute Gasteiger partial charge is 0.268 e. The Bertz CT molecular complexity index is 624. The van der Waals surface area contributed by atoms with Gasteiger partial charge in [-0.2, -0.15) is 0 Å². The summed E-state index contributed by atoms with van der Waals surface area (Å²) in [6.07, 6.45) is 1.54. The van der Waals surface area contributed by atoms with Gasteiger partial charge in [0.25, 0.3) is 5.56 Å². The van der Waals surface area contributed by atoms with Crippen LogP contribution in [0.5, 0.6) is 0 Å². The van der Waals surface area contributed by atoms with Crippen LogP contribution in [0.4, 0.5) is 5.82 Å². The minimum absolute atomic E-state index is 0.0980. The van der Waals surface area contributed by atoms with Crippen LogP contribution in [-0.2, 0) is 6.54 Å². The standard InChI is InChI=1S/C12H13BrN4O/c1-8-11(13)12(18)17(7-15-8)6-9-4-3-5-10(14-2)16-9/h3-5,7H,6H2,1-2H3,(H,14,16). The second-order valence-corrected chi connectivity index (χ2v) is 4.63. The lowest BCUT2D eigenvalue weighted by Crippen LogP contribution is -2.23. The van der Waals surface area contributed by atoms with Crippen LogP contribution in [0.1, 0.15) is 11.4 Å². The number of nitrogens with one attached hydrogen (secondary N) is 1. The topological polar surface area (TPSA) is 59.8 Å². The average Bonchev–Trinajstić information content (AvgIpc) is 2.40. The van der Waals surface area contributed by atoms with Crippen LogP contribution in [0, 0.1) is 6.92 Å². The van der Waals surface area contributed by atoms with Crippen molar-refractivity contribution in [2.24, 2.45) is 0 Å². The predicted molar refractivity (Wildman–Crippen MR) is 73.8 cm³/mol. The first-order valence-electron chi connectivity index (χ1n) is 5.47. The lowest BCUT2D eigenvalue weighted by molar-refractivity contribution is 0.709. The highest BCUT2D eigenvalue weighted by Gasteiger charge is 2.06. The predicted octanol–water partition coefficient (Wildman–Crippen LogP) is 1.80. The van der Waals surface area contributed by atoms with E-state index in [0.717, 1.165) is 11.5 Å². The third kappa shape index (κ3) is 2.59. The van der Waals surface area contributed by atoms with Crippen molar-refractivity contribution in [3.8, 4) is 0 Å². The Kier molecular flexibility index (Phi) is 3.76. The van der Waals surface area contributed by atoms with E-state index in [2.05, 4.69) is 31.2 Å². The Morgan fingerprint density at radius 1 is 1.44 bits per heavy atom. The summed E-state index contributed by atoms with van der Waals surface area (Å²) in [5.41, 5.74) is 1.40. The fourth-order valence-corrected chi connectivity index (χ4v) is 1.87. The molecule has 2 aromatic rings. The highest BCUT2D eigenvalue weighted by atomic mass is 79.9. The zero-order valence-electron chi connectivity index (χ0n) is 10.1. The summed E-state index contributed by atoms with van der Waals surface area (Å²) >= 11 is 3.24. The van der Waals surface area contributed by atoms with Crippen molar-refractivity contribution in [2.45, 2.75) is 13.5 Å². The van der Waals surface area contributed by atoms with Crippen molar-refractivity contribution in [1.82, 2.24) is 14.5 Å². The van der Waals surface area contributed by atoms with Gasteiger partial charge in [0, 0.05) is 7.05 Å². The summed E-state index contributed by atoms with van der Waals surface area (Å²) in [4.78, 5) is 20.5. The molecule has 18 heavy (non-hydrogen) atoms. The van der Waals surface area contributed by atoms with Crippen LogP contribution in [0.3, 0.4) is 0 Å². The van der Waals surface area contributed by atoms with Crippen LogP contribution in [-0.4, -0.2) is 21.6 Å². The Labute approximate surface area is 113 Å². The van der Waals surface area contributed by atoms with Gasteiger partial charge in [0.2, 0.25) is 0 Å². The van der Waals surface area contributed by atoms with Gasteiger partial charge in [0.05, 0.1) is 24.3 Å². The molecule has 94 valence electrons. The molecule has 6 heteroatoms. The number of nitrogens with zero attached hydrogens (tertiary/aromatic N) is 3. The zero-order chi connectivity index (χ0) is 13.1. The van der Waals surface area contributed by atoms with Crippen molar-refractivity contribution in [3.63, 3.8) is 0 Å². The number of pyridine rings is 1. The van der Waals surface area contributed by atoms with Crippen LogP contribution < -0.4 is 10.9 Å². The van der Waals surface area contributed by atoms with Gasteiger partial charge in [0.15, 0.2) is 0 Å². The monoisotopic (exact) mass is 308 g/mol. The van der Waals surface area contributed by atoms with E-state index in [9.17, 15) is 4.79 Å². The first-order chi connectivity index (χ1) is 8.61. The Morgan fingerprint density at radius 2 is 2.22 bits per heavy atom. The van der Waals surface area contributed by atoms with Crippen molar-refractivity contribution in [2.75, 3.05) is 12.4 Å². The van der Waals surface area contributed by atoms with Gasteiger partial charge in [-0.05, 0) is 35.0 Å². The third-order valence-electron chi connectivity index (χ3n) is 2.55. The molecule has 0 spiro atoms. The van der Waals surface area contributed by atoms with Gasteiger partial charge in [-0.1, -0.05) is 6.07 Å². The molecule has 0 fully saturated rings. The molecule has 0 radical (unpaired) electrons. The first-order valence-corrected chi connectivity index (χ1v) is 6.26. The van der Waals surface area contributed by atoms with E-state index in [-0.39, 0.29) is 5.56 Å². The minimum atomic E-state index is -0.0980. The molecule has 0 bridgehead atoms. The van der Waals surface area contributed by atoms with E-state index in [1.807, 2.05) is 25.2 Å². The van der Waals surface area contributed by atoms with Crippen molar-refractivity contribution >= 4 is 21.7 Å². The highest BCUT2D eigenvalue weighted by molar-refractivity contribution is 9.10. The molecule has 0 aromatic carbocycles. The van der Waals surface area contributed by atoms with Gasteiger partial charge >= 0.3 is 0 Å². The lowest BCUT2D eigenvalue weighted by atomic mass is 10.3. The Morgan fingerprint density at radius 3 is 2.94 bits per heavy atom. The number of aromatic nitrogens is 3. The molecule has 0 saturated heterocycles. The van der Waals surface area contributed by atoms with Gasteiger partial charge < -0.3 is 5.32 Å². The summed E-state index contributed by atoms with van der Waals surface area (Å²) in [7, 11) is 1.81. The molecule has 0 atom stereocenters.